The highest BCUT2D eigenvalue weighted by Crippen LogP contribution is 2.43. The van der Waals surface area contributed by atoms with Crippen molar-refractivity contribution in [2.24, 2.45) is 11.1 Å². The Hall–Kier alpha value is 0.690. The standard InChI is InChI=1S/C9H20IN/c1-5-9(6-2,7-3)8(4,10)11/h5-7,11H2,1-4H3. The summed E-state index contributed by atoms with van der Waals surface area (Å²) in [6.07, 6.45) is 3.53. The van der Waals surface area contributed by atoms with Gasteiger partial charge in [-0.1, -0.05) is 43.4 Å². The van der Waals surface area contributed by atoms with Crippen LogP contribution in [0.1, 0.15) is 47.0 Å². The molecular formula is C9H20IN. The van der Waals surface area contributed by atoms with Crippen molar-refractivity contribution in [2.75, 3.05) is 0 Å². The Kier molecular flexibility index (Phi) is 4.33. The van der Waals surface area contributed by atoms with E-state index in [4.69, 9.17) is 5.73 Å². The topological polar surface area (TPSA) is 26.0 Å². The maximum Gasteiger partial charge on any atom is 0.0708 e. The third-order valence-corrected chi connectivity index (χ3v) is 4.21. The van der Waals surface area contributed by atoms with Crippen LogP contribution in [-0.2, 0) is 0 Å². The van der Waals surface area contributed by atoms with E-state index in [0.717, 1.165) is 0 Å². The lowest BCUT2D eigenvalue weighted by Crippen LogP contribution is -2.47. The van der Waals surface area contributed by atoms with Crippen LogP contribution < -0.4 is 5.73 Å². The molecule has 0 saturated heterocycles. The Morgan fingerprint density at radius 1 is 1.09 bits per heavy atom. The summed E-state index contributed by atoms with van der Waals surface area (Å²) in [5.74, 6) is 0. The van der Waals surface area contributed by atoms with Crippen LogP contribution in [0.15, 0.2) is 0 Å². The summed E-state index contributed by atoms with van der Waals surface area (Å²) < 4.78 is -0.0665. The van der Waals surface area contributed by atoms with Gasteiger partial charge in [-0.25, -0.2) is 0 Å². The minimum atomic E-state index is -0.0665. The van der Waals surface area contributed by atoms with Gasteiger partial charge in [0.15, 0.2) is 0 Å². The minimum Gasteiger partial charge on any atom is -0.317 e. The average Bonchev–Trinajstić information content (AvgIpc) is 1.90. The summed E-state index contributed by atoms with van der Waals surface area (Å²) in [6, 6.07) is 0. The molecule has 0 spiro atoms. The number of halogens is 1. The molecule has 2 heteroatoms. The molecule has 0 saturated carbocycles. The van der Waals surface area contributed by atoms with Crippen molar-refractivity contribution in [2.45, 2.75) is 50.5 Å². The molecule has 0 heterocycles. The second kappa shape index (κ2) is 4.08. The molecule has 0 aromatic rings. The van der Waals surface area contributed by atoms with E-state index in [-0.39, 0.29) is 3.55 Å². The van der Waals surface area contributed by atoms with Crippen molar-refractivity contribution < 1.29 is 0 Å². The van der Waals surface area contributed by atoms with Gasteiger partial charge in [-0.05, 0) is 31.6 Å². The van der Waals surface area contributed by atoms with Gasteiger partial charge in [0.05, 0.1) is 3.55 Å². The van der Waals surface area contributed by atoms with Crippen LogP contribution in [0.25, 0.3) is 0 Å². The van der Waals surface area contributed by atoms with Gasteiger partial charge in [0, 0.05) is 0 Å². The second-order valence-corrected chi connectivity index (χ2v) is 5.66. The van der Waals surface area contributed by atoms with E-state index < -0.39 is 0 Å². The van der Waals surface area contributed by atoms with E-state index >= 15 is 0 Å². The second-order valence-electron chi connectivity index (χ2n) is 3.42. The molecule has 1 nitrogen and oxygen atoms in total. The van der Waals surface area contributed by atoms with Gasteiger partial charge in [0.1, 0.15) is 0 Å². The van der Waals surface area contributed by atoms with Crippen molar-refractivity contribution in [3.63, 3.8) is 0 Å². The predicted octanol–water partition coefficient (Wildman–Crippen LogP) is 3.31. The molecule has 0 rings (SSSR count). The van der Waals surface area contributed by atoms with Gasteiger partial charge in [-0.3, -0.25) is 0 Å². The zero-order chi connectivity index (χ0) is 9.12. The van der Waals surface area contributed by atoms with E-state index in [2.05, 4.69) is 50.3 Å². The molecule has 0 aliphatic heterocycles. The largest absolute Gasteiger partial charge is 0.317 e. The van der Waals surface area contributed by atoms with Gasteiger partial charge in [0.2, 0.25) is 0 Å². The number of rotatable bonds is 4. The Morgan fingerprint density at radius 2 is 1.36 bits per heavy atom. The lowest BCUT2D eigenvalue weighted by molar-refractivity contribution is 0.193. The summed E-state index contributed by atoms with van der Waals surface area (Å²) >= 11 is 2.37. The molecule has 0 radical (unpaired) electrons. The summed E-state index contributed by atoms with van der Waals surface area (Å²) in [6.45, 7) is 8.83. The van der Waals surface area contributed by atoms with Crippen LogP contribution in [0.3, 0.4) is 0 Å². The smallest absolute Gasteiger partial charge is 0.0708 e. The van der Waals surface area contributed by atoms with E-state index in [9.17, 15) is 0 Å². The maximum atomic E-state index is 6.13. The third kappa shape index (κ3) is 2.31. The molecule has 68 valence electrons. The summed E-state index contributed by atoms with van der Waals surface area (Å²) in [5, 5.41) is 0. The molecule has 1 atom stereocenters. The van der Waals surface area contributed by atoms with E-state index in [0.29, 0.717) is 5.41 Å². The number of alkyl halides is 1. The minimum absolute atomic E-state index is 0.0665. The van der Waals surface area contributed by atoms with Crippen molar-refractivity contribution in [3.05, 3.63) is 0 Å². The molecule has 0 aliphatic carbocycles. The molecule has 0 aromatic heterocycles. The highest BCUT2D eigenvalue weighted by atomic mass is 127. The van der Waals surface area contributed by atoms with Gasteiger partial charge in [-0.15, -0.1) is 0 Å². The summed E-state index contributed by atoms with van der Waals surface area (Å²) in [5.41, 5.74) is 6.46. The van der Waals surface area contributed by atoms with Gasteiger partial charge < -0.3 is 5.73 Å². The molecular weight excluding hydrogens is 249 g/mol. The van der Waals surface area contributed by atoms with Crippen LogP contribution in [0.4, 0.5) is 0 Å². The highest BCUT2D eigenvalue weighted by Gasteiger charge is 2.38. The monoisotopic (exact) mass is 269 g/mol. The van der Waals surface area contributed by atoms with Crippen LogP contribution in [0.2, 0.25) is 0 Å². The first-order valence-corrected chi connectivity index (χ1v) is 5.49. The van der Waals surface area contributed by atoms with E-state index in [1.807, 2.05) is 0 Å². The Bertz CT molecular complexity index is 103. The maximum absolute atomic E-state index is 6.13. The number of nitrogens with two attached hydrogens (primary N) is 1. The Labute approximate surface area is 84.3 Å². The fourth-order valence-electron chi connectivity index (χ4n) is 1.79. The molecule has 0 bridgehead atoms. The van der Waals surface area contributed by atoms with Crippen LogP contribution in [0.5, 0.6) is 0 Å². The van der Waals surface area contributed by atoms with Crippen LogP contribution >= 0.6 is 22.6 Å². The van der Waals surface area contributed by atoms with Crippen LogP contribution in [-0.4, -0.2) is 3.55 Å². The molecule has 2 N–H and O–H groups in total. The summed E-state index contributed by atoms with van der Waals surface area (Å²) in [7, 11) is 0. The van der Waals surface area contributed by atoms with Gasteiger partial charge >= 0.3 is 0 Å². The normalized spacial score (nSPS) is 18.0. The number of hydrogen-bond acceptors (Lipinski definition) is 1. The molecule has 1 unspecified atom stereocenters. The SMILES string of the molecule is CCC(CC)(CC)C(C)(N)I. The lowest BCUT2D eigenvalue weighted by Gasteiger charge is -2.41. The lowest BCUT2D eigenvalue weighted by atomic mass is 9.74. The molecule has 0 fully saturated rings. The van der Waals surface area contributed by atoms with E-state index in [1.165, 1.54) is 19.3 Å². The Morgan fingerprint density at radius 3 is 1.36 bits per heavy atom. The number of hydrogen-bond donors (Lipinski definition) is 1. The fourth-order valence-corrected chi connectivity index (χ4v) is 2.93. The molecule has 11 heavy (non-hydrogen) atoms. The van der Waals surface area contributed by atoms with Gasteiger partial charge in [-0.2, -0.15) is 0 Å². The first-order chi connectivity index (χ1) is 4.93. The summed E-state index contributed by atoms with van der Waals surface area (Å²) in [4.78, 5) is 0. The predicted molar refractivity (Wildman–Crippen MR) is 59.9 cm³/mol. The molecule has 0 aromatic carbocycles. The van der Waals surface area contributed by atoms with Crippen molar-refractivity contribution in [1.82, 2.24) is 0 Å². The molecule has 0 amide bonds. The fraction of sp³-hybridized carbons (Fsp3) is 1.00. The zero-order valence-corrected chi connectivity index (χ0v) is 10.2. The first-order valence-electron chi connectivity index (χ1n) is 4.41. The Balaban J connectivity index is 4.54. The quantitative estimate of drug-likeness (QED) is 0.473. The van der Waals surface area contributed by atoms with Crippen LogP contribution in [0, 0.1) is 5.41 Å². The highest BCUT2D eigenvalue weighted by molar-refractivity contribution is 14.1. The average molecular weight is 269 g/mol. The van der Waals surface area contributed by atoms with Crippen molar-refractivity contribution in [3.8, 4) is 0 Å². The molecule has 0 aliphatic rings. The van der Waals surface area contributed by atoms with Gasteiger partial charge in [0.25, 0.3) is 0 Å². The van der Waals surface area contributed by atoms with Crippen molar-refractivity contribution in [1.29, 1.82) is 0 Å². The van der Waals surface area contributed by atoms with E-state index in [1.54, 1.807) is 0 Å². The first kappa shape index (κ1) is 11.7. The van der Waals surface area contributed by atoms with Crippen molar-refractivity contribution >= 4 is 22.6 Å². The zero-order valence-electron chi connectivity index (χ0n) is 8.08. The third-order valence-electron chi connectivity index (χ3n) is 3.07.